The van der Waals surface area contributed by atoms with Crippen molar-refractivity contribution in [3.8, 4) is 0 Å². The van der Waals surface area contributed by atoms with Gasteiger partial charge in [0, 0.05) is 11.3 Å². The lowest BCUT2D eigenvalue weighted by Gasteiger charge is -2.59. The molecule has 2 saturated carbocycles. The van der Waals surface area contributed by atoms with Gasteiger partial charge in [-0.15, -0.1) is 0 Å². The van der Waals surface area contributed by atoms with E-state index >= 15 is 0 Å². The number of esters is 1. The molecule has 4 nitrogen and oxygen atoms in total. The van der Waals surface area contributed by atoms with E-state index in [2.05, 4.69) is 19.6 Å². The molecule has 0 saturated heterocycles. The standard InChI is InChI=1S/C20H28O4/c1-13-4-7-16-19(2,10-8-17(22)20(16,3)12-21)15(13)6-5-14-9-11-24-18(14)23/h5-6,9,15-17,21-22H,1,4,7-8,10-12H2,2-3H3/b6-5+/t15-,16+,17-,19+,20+/m1/s1. The highest BCUT2D eigenvalue weighted by Gasteiger charge is 2.57. The number of cyclic esters (lactones) is 1. The zero-order valence-electron chi connectivity index (χ0n) is 14.6. The van der Waals surface area contributed by atoms with Crippen LogP contribution in [0.3, 0.4) is 0 Å². The molecule has 0 spiro atoms. The van der Waals surface area contributed by atoms with E-state index in [4.69, 9.17) is 4.74 Å². The third-order valence-electron chi connectivity index (χ3n) is 6.78. The molecule has 1 aliphatic heterocycles. The summed E-state index contributed by atoms with van der Waals surface area (Å²) in [7, 11) is 0. The molecule has 4 heteroatoms. The van der Waals surface area contributed by atoms with Crippen LogP contribution in [0.2, 0.25) is 0 Å². The number of carbonyl (C=O) groups is 1. The van der Waals surface area contributed by atoms with Gasteiger partial charge in [-0.25, -0.2) is 4.79 Å². The van der Waals surface area contributed by atoms with Crippen molar-refractivity contribution in [2.45, 2.75) is 45.6 Å². The van der Waals surface area contributed by atoms with Gasteiger partial charge in [0.15, 0.2) is 0 Å². The fraction of sp³-hybridized carbons (Fsp3) is 0.650. The first-order chi connectivity index (χ1) is 11.3. The molecule has 3 rings (SSSR count). The number of hydrogen-bond donors (Lipinski definition) is 2. The topological polar surface area (TPSA) is 66.8 Å². The van der Waals surface area contributed by atoms with E-state index in [0.717, 1.165) is 19.3 Å². The second kappa shape index (κ2) is 6.16. The maximum absolute atomic E-state index is 11.7. The van der Waals surface area contributed by atoms with Gasteiger partial charge in [-0.3, -0.25) is 0 Å². The van der Waals surface area contributed by atoms with E-state index in [1.54, 1.807) is 6.08 Å². The Morgan fingerprint density at radius 2 is 2.17 bits per heavy atom. The van der Waals surface area contributed by atoms with Crippen molar-refractivity contribution in [1.29, 1.82) is 0 Å². The first kappa shape index (κ1) is 17.4. The zero-order chi connectivity index (χ0) is 17.5. The van der Waals surface area contributed by atoms with E-state index in [-0.39, 0.29) is 29.8 Å². The fourth-order valence-corrected chi connectivity index (χ4v) is 5.20. The predicted molar refractivity (Wildman–Crippen MR) is 92.1 cm³/mol. The highest BCUT2D eigenvalue weighted by atomic mass is 16.5. The SMILES string of the molecule is C=C1CC[C@@H]2[C@](C)(CO)[C@H](O)CC[C@@]2(C)[C@@H]1/C=C/C1=CCOC1=O. The van der Waals surface area contributed by atoms with Crippen LogP contribution in [0.15, 0.2) is 36.0 Å². The minimum Gasteiger partial charge on any atom is -0.458 e. The van der Waals surface area contributed by atoms with Gasteiger partial charge in [-0.05, 0) is 43.1 Å². The molecule has 5 atom stereocenters. The molecular formula is C20H28O4. The number of carbonyl (C=O) groups excluding carboxylic acids is 1. The summed E-state index contributed by atoms with van der Waals surface area (Å²) < 4.78 is 4.96. The summed E-state index contributed by atoms with van der Waals surface area (Å²) in [6.07, 6.45) is 8.69. The monoisotopic (exact) mass is 332 g/mol. The lowest BCUT2D eigenvalue weighted by Crippen LogP contribution is -2.57. The average molecular weight is 332 g/mol. The first-order valence-corrected chi connectivity index (χ1v) is 8.85. The van der Waals surface area contributed by atoms with Gasteiger partial charge >= 0.3 is 5.97 Å². The van der Waals surface area contributed by atoms with Crippen molar-refractivity contribution in [3.63, 3.8) is 0 Å². The van der Waals surface area contributed by atoms with E-state index in [1.165, 1.54) is 5.57 Å². The normalized spacial score (nSPS) is 42.8. The summed E-state index contributed by atoms with van der Waals surface area (Å²) in [5, 5.41) is 20.5. The van der Waals surface area contributed by atoms with Crippen LogP contribution in [-0.4, -0.2) is 35.5 Å². The van der Waals surface area contributed by atoms with Crippen molar-refractivity contribution in [3.05, 3.63) is 36.0 Å². The van der Waals surface area contributed by atoms with Crippen molar-refractivity contribution in [2.75, 3.05) is 13.2 Å². The highest BCUT2D eigenvalue weighted by molar-refractivity contribution is 5.93. The Hall–Kier alpha value is -1.39. The highest BCUT2D eigenvalue weighted by Crippen LogP contribution is 2.61. The van der Waals surface area contributed by atoms with Crippen molar-refractivity contribution in [2.24, 2.45) is 22.7 Å². The summed E-state index contributed by atoms with van der Waals surface area (Å²) in [5.41, 5.74) is 1.24. The molecule has 2 fully saturated rings. The van der Waals surface area contributed by atoms with Crippen LogP contribution in [-0.2, 0) is 9.53 Å². The van der Waals surface area contributed by atoms with Crippen LogP contribution >= 0.6 is 0 Å². The van der Waals surface area contributed by atoms with Crippen LogP contribution in [0, 0.1) is 22.7 Å². The zero-order valence-corrected chi connectivity index (χ0v) is 14.6. The summed E-state index contributed by atoms with van der Waals surface area (Å²) in [6, 6.07) is 0. The Kier molecular flexibility index (Phi) is 4.47. The van der Waals surface area contributed by atoms with Crippen LogP contribution < -0.4 is 0 Å². The predicted octanol–water partition coefficient (Wildman–Crippen LogP) is 2.77. The van der Waals surface area contributed by atoms with Crippen LogP contribution in [0.4, 0.5) is 0 Å². The molecule has 132 valence electrons. The van der Waals surface area contributed by atoms with E-state index in [0.29, 0.717) is 18.6 Å². The number of hydrogen-bond acceptors (Lipinski definition) is 4. The van der Waals surface area contributed by atoms with Gasteiger partial charge < -0.3 is 14.9 Å². The molecule has 0 amide bonds. The van der Waals surface area contributed by atoms with Crippen molar-refractivity contribution < 1.29 is 19.7 Å². The molecule has 0 bridgehead atoms. The van der Waals surface area contributed by atoms with Crippen molar-refractivity contribution >= 4 is 5.97 Å². The third kappa shape index (κ3) is 2.56. The fourth-order valence-electron chi connectivity index (χ4n) is 5.20. The maximum atomic E-state index is 11.7. The summed E-state index contributed by atoms with van der Waals surface area (Å²) in [4.78, 5) is 11.7. The Morgan fingerprint density at radius 3 is 2.79 bits per heavy atom. The largest absolute Gasteiger partial charge is 0.458 e. The van der Waals surface area contributed by atoms with Gasteiger partial charge in [0.05, 0.1) is 18.3 Å². The molecule has 0 aromatic heterocycles. The lowest BCUT2D eigenvalue weighted by molar-refractivity contribution is -0.145. The molecule has 3 aliphatic rings. The third-order valence-corrected chi connectivity index (χ3v) is 6.78. The molecule has 0 aromatic rings. The number of rotatable bonds is 3. The molecule has 2 N–H and O–H groups in total. The molecule has 0 aromatic carbocycles. The van der Waals surface area contributed by atoms with Crippen LogP contribution in [0.25, 0.3) is 0 Å². The van der Waals surface area contributed by atoms with Crippen LogP contribution in [0.1, 0.15) is 39.5 Å². The summed E-state index contributed by atoms with van der Waals surface area (Å²) in [5.74, 6) is 0.0981. The van der Waals surface area contributed by atoms with E-state index in [9.17, 15) is 15.0 Å². The number of fused-ring (bicyclic) bond motifs is 1. The van der Waals surface area contributed by atoms with Crippen LogP contribution in [0.5, 0.6) is 0 Å². The number of ether oxygens (including phenoxy) is 1. The lowest BCUT2D eigenvalue weighted by atomic mass is 9.46. The minimum absolute atomic E-state index is 0.00515. The molecule has 2 aliphatic carbocycles. The molecule has 24 heavy (non-hydrogen) atoms. The summed E-state index contributed by atoms with van der Waals surface area (Å²) in [6.45, 7) is 8.87. The smallest absolute Gasteiger partial charge is 0.338 e. The van der Waals surface area contributed by atoms with Gasteiger partial charge in [-0.2, -0.15) is 0 Å². The molecule has 0 radical (unpaired) electrons. The quantitative estimate of drug-likeness (QED) is 0.616. The van der Waals surface area contributed by atoms with E-state index < -0.39 is 11.5 Å². The first-order valence-electron chi connectivity index (χ1n) is 8.85. The number of aliphatic hydroxyl groups excluding tert-OH is 2. The van der Waals surface area contributed by atoms with Gasteiger partial charge in [0.2, 0.25) is 0 Å². The Bertz CT molecular complexity index is 605. The Morgan fingerprint density at radius 1 is 1.42 bits per heavy atom. The minimum atomic E-state index is -0.481. The van der Waals surface area contributed by atoms with Crippen molar-refractivity contribution in [1.82, 2.24) is 0 Å². The molecule has 0 unspecified atom stereocenters. The maximum Gasteiger partial charge on any atom is 0.338 e. The van der Waals surface area contributed by atoms with Gasteiger partial charge in [-0.1, -0.05) is 38.2 Å². The van der Waals surface area contributed by atoms with Gasteiger partial charge in [0.1, 0.15) is 6.61 Å². The Labute approximate surface area is 143 Å². The number of aliphatic hydroxyl groups is 2. The molecule has 1 heterocycles. The summed E-state index contributed by atoms with van der Waals surface area (Å²) >= 11 is 0. The Balaban J connectivity index is 1.92. The van der Waals surface area contributed by atoms with Gasteiger partial charge in [0.25, 0.3) is 0 Å². The second-order valence-electron chi connectivity index (χ2n) is 8.07. The average Bonchev–Trinajstić information content (AvgIpc) is 2.96. The van der Waals surface area contributed by atoms with E-state index in [1.807, 2.05) is 13.0 Å². The molecular weight excluding hydrogens is 304 g/mol. The number of allylic oxidation sites excluding steroid dienone is 2. The second-order valence-corrected chi connectivity index (χ2v) is 8.07.